The first-order valence-corrected chi connectivity index (χ1v) is 6.84. The number of benzene rings is 1. The van der Waals surface area contributed by atoms with Crippen LogP contribution in [0.15, 0.2) is 36.5 Å². The first-order valence-electron chi connectivity index (χ1n) is 6.84. The van der Waals surface area contributed by atoms with Crippen LogP contribution in [-0.4, -0.2) is 17.1 Å². The molecule has 0 radical (unpaired) electrons. The second-order valence-corrected chi connectivity index (χ2v) is 6.04. The zero-order valence-corrected chi connectivity index (χ0v) is 11.5. The summed E-state index contributed by atoms with van der Waals surface area (Å²) in [5.74, 6) is 0.844. The summed E-state index contributed by atoms with van der Waals surface area (Å²) in [6.45, 7) is 4.42. The number of pyridine rings is 1. The zero-order valence-electron chi connectivity index (χ0n) is 11.5. The maximum atomic E-state index is 6.30. The molecule has 2 N–H and O–H groups in total. The number of nitrogens with zero attached hydrogens (tertiary/aromatic N) is 1. The minimum atomic E-state index is 0.0754. The lowest BCUT2D eigenvalue weighted by Crippen LogP contribution is -2.42. The van der Waals surface area contributed by atoms with Crippen LogP contribution in [0.3, 0.4) is 0 Å². The fourth-order valence-electron chi connectivity index (χ4n) is 2.83. The van der Waals surface area contributed by atoms with E-state index in [1.165, 1.54) is 0 Å². The van der Waals surface area contributed by atoms with Crippen molar-refractivity contribution in [2.75, 3.05) is 0 Å². The zero-order chi connectivity index (χ0) is 13.5. The number of hydrogen-bond donors (Lipinski definition) is 1. The quantitative estimate of drug-likeness (QED) is 0.898. The van der Waals surface area contributed by atoms with Crippen molar-refractivity contribution < 1.29 is 4.74 Å². The van der Waals surface area contributed by atoms with Crippen molar-refractivity contribution in [1.29, 1.82) is 0 Å². The van der Waals surface area contributed by atoms with E-state index in [1.54, 1.807) is 6.20 Å². The van der Waals surface area contributed by atoms with Crippen molar-refractivity contribution in [3.05, 3.63) is 36.5 Å². The van der Waals surface area contributed by atoms with E-state index in [-0.39, 0.29) is 17.6 Å². The lowest BCUT2D eigenvalue weighted by Gasteiger charge is -2.27. The predicted molar refractivity (Wildman–Crippen MR) is 77.1 cm³/mol. The Morgan fingerprint density at radius 2 is 2.05 bits per heavy atom. The highest BCUT2D eigenvalue weighted by Gasteiger charge is 2.41. The third-order valence-corrected chi connectivity index (χ3v) is 4.25. The molecule has 2 aromatic rings. The fraction of sp³-hybridized carbons (Fsp3) is 0.438. The molecular weight excluding hydrogens is 236 g/mol. The molecule has 3 rings (SSSR count). The summed E-state index contributed by atoms with van der Waals surface area (Å²) in [4.78, 5) is 4.42. The number of fused-ring (bicyclic) bond motifs is 1. The lowest BCUT2D eigenvalue weighted by atomic mass is 9.88. The predicted octanol–water partition coefficient (Wildman–Crippen LogP) is 3.13. The molecule has 19 heavy (non-hydrogen) atoms. The summed E-state index contributed by atoms with van der Waals surface area (Å²) in [5, 5.41) is 1.10. The Morgan fingerprint density at radius 1 is 1.26 bits per heavy atom. The minimum absolute atomic E-state index is 0.0754. The van der Waals surface area contributed by atoms with Gasteiger partial charge in [0.1, 0.15) is 17.4 Å². The summed E-state index contributed by atoms with van der Waals surface area (Å²) < 4.78 is 6.15. The summed E-state index contributed by atoms with van der Waals surface area (Å²) in [6, 6.07) is 10.1. The summed E-state index contributed by atoms with van der Waals surface area (Å²) in [5.41, 5.74) is 7.38. The molecular formula is C16H20N2O. The van der Waals surface area contributed by atoms with E-state index >= 15 is 0 Å². The number of rotatable bonds is 2. The standard InChI is InChI=1S/C16H20N2O/c1-16(2)9-8-13(15(16)17)19-12-7-3-5-11-6-4-10-18-14(11)12/h3-7,10,13,15H,8-9,17H2,1-2H3. The third-order valence-electron chi connectivity index (χ3n) is 4.25. The number of para-hydroxylation sites is 1. The molecule has 0 amide bonds. The highest BCUT2D eigenvalue weighted by molar-refractivity contribution is 5.84. The molecule has 3 nitrogen and oxygen atoms in total. The van der Waals surface area contributed by atoms with E-state index in [1.807, 2.05) is 30.3 Å². The fourth-order valence-corrected chi connectivity index (χ4v) is 2.83. The monoisotopic (exact) mass is 256 g/mol. The average molecular weight is 256 g/mol. The Bertz CT molecular complexity index is 589. The van der Waals surface area contributed by atoms with E-state index < -0.39 is 0 Å². The van der Waals surface area contributed by atoms with E-state index in [9.17, 15) is 0 Å². The van der Waals surface area contributed by atoms with E-state index in [0.717, 1.165) is 29.5 Å². The van der Waals surface area contributed by atoms with Crippen LogP contribution in [-0.2, 0) is 0 Å². The van der Waals surface area contributed by atoms with Crippen molar-refractivity contribution in [3.8, 4) is 5.75 Å². The van der Waals surface area contributed by atoms with Gasteiger partial charge in [0.15, 0.2) is 0 Å². The van der Waals surface area contributed by atoms with Gasteiger partial charge in [0.2, 0.25) is 0 Å². The SMILES string of the molecule is CC1(C)CCC(Oc2cccc3cccnc23)C1N. The van der Waals surface area contributed by atoms with Gasteiger partial charge in [0.05, 0.1) is 0 Å². The molecule has 0 spiro atoms. The van der Waals surface area contributed by atoms with Gasteiger partial charge in [0, 0.05) is 17.6 Å². The van der Waals surface area contributed by atoms with Crippen molar-refractivity contribution in [2.24, 2.45) is 11.1 Å². The lowest BCUT2D eigenvalue weighted by molar-refractivity contribution is 0.166. The normalized spacial score (nSPS) is 25.6. The van der Waals surface area contributed by atoms with Crippen LogP contribution in [0.25, 0.3) is 10.9 Å². The summed E-state index contributed by atoms with van der Waals surface area (Å²) >= 11 is 0. The van der Waals surface area contributed by atoms with Crippen molar-refractivity contribution >= 4 is 10.9 Å². The number of nitrogens with two attached hydrogens (primary N) is 1. The highest BCUT2D eigenvalue weighted by atomic mass is 16.5. The van der Waals surface area contributed by atoms with Crippen molar-refractivity contribution in [2.45, 2.75) is 38.8 Å². The Kier molecular flexibility index (Phi) is 2.94. The molecule has 1 aromatic carbocycles. The van der Waals surface area contributed by atoms with Gasteiger partial charge in [-0.3, -0.25) is 4.98 Å². The first-order chi connectivity index (χ1) is 9.08. The van der Waals surface area contributed by atoms with Crippen LogP contribution >= 0.6 is 0 Å². The maximum Gasteiger partial charge on any atom is 0.146 e. The van der Waals surface area contributed by atoms with Crippen molar-refractivity contribution in [1.82, 2.24) is 4.98 Å². The van der Waals surface area contributed by atoms with Crippen molar-refractivity contribution in [3.63, 3.8) is 0 Å². The maximum absolute atomic E-state index is 6.30. The molecule has 1 aromatic heterocycles. The minimum Gasteiger partial charge on any atom is -0.487 e. The molecule has 3 heteroatoms. The highest BCUT2D eigenvalue weighted by Crippen LogP contribution is 2.38. The molecule has 100 valence electrons. The smallest absolute Gasteiger partial charge is 0.146 e. The van der Waals surface area contributed by atoms with Gasteiger partial charge >= 0.3 is 0 Å². The second kappa shape index (κ2) is 4.49. The Labute approximate surface area is 113 Å². The molecule has 0 bridgehead atoms. The van der Waals surface area contributed by atoms with Gasteiger partial charge in [-0.25, -0.2) is 0 Å². The van der Waals surface area contributed by atoms with Crippen LogP contribution in [0.1, 0.15) is 26.7 Å². The van der Waals surface area contributed by atoms with Crippen LogP contribution in [0, 0.1) is 5.41 Å². The topological polar surface area (TPSA) is 48.1 Å². The molecule has 1 saturated carbocycles. The summed E-state index contributed by atoms with van der Waals surface area (Å²) in [7, 11) is 0. The molecule has 1 aliphatic rings. The molecule has 2 atom stereocenters. The Balaban J connectivity index is 1.90. The first kappa shape index (κ1) is 12.4. The van der Waals surface area contributed by atoms with Crippen LogP contribution in [0.5, 0.6) is 5.75 Å². The van der Waals surface area contributed by atoms with Crippen LogP contribution in [0.2, 0.25) is 0 Å². The molecule has 0 aliphatic heterocycles. The number of ether oxygens (including phenoxy) is 1. The molecule has 1 fully saturated rings. The number of hydrogen-bond acceptors (Lipinski definition) is 3. The van der Waals surface area contributed by atoms with Crippen LogP contribution in [0.4, 0.5) is 0 Å². The van der Waals surface area contributed by atoms with Gasteiger partial charge in [-0.1, -0.05) is 32.0 Å². The second-order valence-electron chi connectivity index (χ2n) is 6.04. The van der Waals surface area contributed by atoms with E-state index in [0.29, 0.717) is 0 Å². The number of aromatic nitrogens is 1. The van der Waals surface area contributed by atoms with Gasteiger partial charge in [-0.05, 0) is 30.4 Å². The summed E-state index contributed by atoms with van der Waals surface area (Å²) in [6.07, 6.45) is 4.00. The van der Waals surface area contributed by atoms with Gasteiger partial charge in [-0.2, -0.15) is 0 Å². The molecule has 0 saturated heterocycles. The molecule has 1 heterocycles. The van der Waals surface area contributed by atoms with Gasteiger partial charge < -0.3 is 10.5 Å². The van der Waals surface area contributed by atoms with E-state index in [4.69, 9.17) is 10.5 Å². The van der Waals surface area contributed by atoms with Gasteiger partial charge in [0.25, 0.3) is 0 Å². The van der Waals surface area contributed by atoms with Gasteiger partial charge in [-0.15, -0.1) is 0 Å². The Morgan fingerprint density at radius 3 is 2.79 bits per heavy atom. The van der Waals surface area contributed by atoms with E-state index in [2.05, 4.69) is 18.8 Å². The Hall–Kier alpha value is -1.61. The largest absolute Gasteiger partial charge is 0.487 e. The average Bonchev–Trinajstić information content (AvgIpc) is 2.66. The molecule has 1 aliphatic carbocycles. The molecule has 2 unspecified atom stereocenters. The third kappa shape index (κ3) is 2.19. The van der Waals surface area contributed by atoms with Crippen LogP contribution < -0.4 is 10.5 Å².